The number of benzene rings is 4. The number of hydrogen-bond donors (Lipinski definition) is 4. The number of fused-ring (bicyclic) bond motifs is 3. The number of anilines is 3. The average Bonchev–Trinajstić information content (AvgIpc) is 3.73. The predicted molar refractivity (Wildman–Crippen MR) is 270 cm³/mol. The molecule has 4 aromatic rings. The minimum Gasteiger partial charge on any atom is -0.494 e. The third kappa shape index (κ3) is 8.19. The number of piperidine rings is 2. The zero-order valence-corrected chi connectivity index (χ0v) is 41.5. The molecular formula is C56H59Cl2FN6O5. The Labute approximate surface area is 418 Å². The summed E-state index contributed by atoms with van der Waals surface area (Å²) < 4.78 is 22.3. The molecule has 1 unspecified atom stereocenters. The maximum Gasteiger partial charge on any atom is 0.255 e. The van der Waals surface area contributed by atoms with Crippen LogP contribution in [0.1, 0.15) is 111 Å². The van der Waals surface area contributed by atoms with Crippen molar-refractivity contribution in [1.82, 2.24) is 15.5 Å². The van der Waals surface area contributed by atoms with Crippen LogP contribution in [-0.4, -0.2) is 73.4 Å². The molecule has 0 aromatic heterocycles. The van der Waals surface area contributed by atoms with E-state index >= 15 is 4.39 Å². The molecule has 7 atom stereocenters. The number of amides is 4. The van der Waals surface area contributed by atoms with Crippen LogP contribution >= 0.6 is 23.2 Å². The van der Waals surface area contributed by atoms with Gasteiger partial charge in [-0.05, 0) is 127 Å². The minimum atomic E-state index is -0.813. The van der Waals surface area contributed by atoms with Crippen molar-refractivity contribution >= 4 is 63.9 Å². The molecule has 5 heterocycles. The molecule has 0 bridgehead atoms. The van der Waals surface area contributed by atoms with Crippen molar-refractivity contribution in [3.05, 3.63) is 116 Å². The van der Waals surface area contributed by atoms with Gasteiger partial charge in [-0.25, -0.2) is 4.39 Å². The van der Waals surface area contributed by atoms with E-state index in [9.17, 15) is 19.2 Å². The van der Waals surface area contributed by atoms with Gasteiger partial charge < -0.3 is 30.5 Å². The van der Waals surface area contributed by atoms with Gasteiger partial charge in [-0.15, -0.1) is 0 Å². The lowest BCUT2D eigenvalue weighted by molar-refractivity contribution is -0.137. The Morgan fingerprint density at radius 3 is 2.54 bits per heavy atom. The fourth-order valence-corrected chi connectivity index (χ4v) is 13.6. The second-order valence-electron chi connectivity index (χ2n) is 22.2. The quantitative estimate of drug-likeness (QED) is 0.102. The Morgan fingerprint density at radius 2 is 1.79 bits per heavy atom. The molecule has 11 rings (SSSR count). The smallest absolute Gasteiger partial charge is 0.255 e. The van der Waals surface area contributed by atoms with Crippen LogP contribution < -0.4 is 30.9 Å². The highest BCUT2D eigenvalue weighted by atomic mass is 35.5. The van der Waals surface area contributed by atoms with Gasteiger partial charge in [0.05, 0.1) is 23.9 Å². The first-order valence-corrected chi connectivity index (χ1v) is 25.6. The molecule has 5 fully saturated rings. The number of hydrogen-bond acceptors (Lipinski definition) is 8. The fourth-order valence-electron chi connectivity index (χ4n) is 13.2. The van der Waals surface area contributed by atoms with Crippen LogP contribution in [0.5, 0.6) is 5.75 Å². The summed E-state index contributed by atoms with van der Waals surface area (Å²) in [6, 6.07) is 20.8. The Morgan fingerprint density at radius 1 is 1.00 bits per heavy atom. The number of nitrogens with zero attached hydrogens (tertiary/aromatic N) is 2. The lowest BCUT2D eigenvalue weighted by Gasteiger charge is -2.53. The summed E-state index contributed by atoms with van der Waals surface area (Å²) >= 11 is 13.0. The van der Waals surface area contributed by atoms with E-state index in [1.807, 2.05) is 42.5 Å². The predicted octanol–water partition coefficient (Wildman–Crippen LogP) is 9.45. The highest BCUT2D eigenvalue weighted by molar-refractivity contribution is 6.31. The maximum absolute atomic E-state index is 16.4. The molecule has 2 saturated carbocycles. The molecule has 2 aliphatic carbocycles. The molecule has 4 amide bonds. The van der Waals surface area contributed by atoms with Gasteiger partial charge in [0.25, 0.3) is 5.91 Å². The molecule has 5 aliphatic heterocycles. The molecule has 70 heavy (non-hydrogen) atoms. The molecule has 4 N–H and O–H groups in total. The number of carbonyl (C=O) groups is 4. The van der Waals surface area contributed by atoms with Crippen molar-refractivity contribution in [3.8, 4) is 17.6 Å². The van der Waals surface area contributed by atoms with Crippen molar-refractivity contribution in [1.29, 1.82) is 0 Å². The third-order valence-electron chi connectivity index (χ3n) is 16.8. The van der Waals surface area contributed by atoms with E-state index in [1.165, 1.54) is 12.8 Å². The summed E-state index contributed by atoms with van der Waals surface area (Å²) in [7, 11) is 1.62. The van der Waals surface area contributed by atoms with Gasteiger partial charge in [0.15, 0.2) is 0 Å². The Bertz CT molecular complexity index is 2890. The van der Waals surface area contributed by atoms with Crippen LogP contribution in [0.4, 0.5) is 21.5 Å². The summed E-state index contributed by atoms with van der Waals surface area (Å²) in [5, 5.41) is 13.5. The summed E-state index contributed by atoms with van der Waals surface area (Å²) in [6.07, 6.45) is 7.05. The molecular weight excluding hydrogens is 927 g/mol. The summed E-state index contributed by atoms with van der Waals surface area (Å²) in [5.41, 5.74) is 5.70. The molecule has 4 aromatic carbocycles. The van der Waals surface area contributed by atoms with Gasteiger partial charge in [0.2, 0.25) is 17.7 Å². The van der Waals surface area contributed by atoms with Crippen molar-refractivity contribution in [3.63, 3.8) is 0 Å². The van der Waals surface area contributed by atoms with E-state index < -0.39 is 35.1 Å². The average molecular weight is 986 g/mol. The molecule has 2 spiro atoms. The van der Waals surface area contributed by atoms with Gasteiger partial charge >= 0.3 is 0 Å². The maximum atomic E-state index is 16.4. The first-order valence-electron chi connectivity index (χ1n) is 24.8. The number of nitrogens with one attached hydrogen (secondary N) is 4. The molecule has 7 aliphatic rings. The first-order chi connectivity index (χ1) is 33.5. The minimum absolute atomic E-state index is 0.0148. The van der Waals surface area contributed by atoms with Crippen molar-refractivity contribution in [2.24, 2.45) is 28.6 Å². The topological polar surface area (TPSA) is 132 Å². The summed E-state index contributed by atoms with van der Waals surface area (Å²) in [5.74, 6) is 6.84. The third-order valence-corrected chi connectivity index (χ3v) is 17.3. The zero-order chi connectivity index (χ0) is 48.9. The molecule has 14 heteroatoms. The van der Waals surface area contributed by atoms with Crippen LogP contribution in [0.25, 0.3) is 0 Å². The second-order valence-corrected chi connectivity index (χ2v) is 23.0. The zero-order valence-electron chi connectivity index (χ0n) is 40.0. The van der Waals surface area contributed by atoms with Crippen LogP contribution in [-0.2, 0) is 26.3 Å². The van der Waals surface area contributed by atoms with Gasteiger partial charge in [0, 0.05) is 89.5 Å². The van der Waals surface area contributed by atoms with Crippen molar-refractivity contribution in [2.45, 2.75) is 108 Å². The Hall–Kier alpha value is -5.61. The standard InChI is InChI=1S/C56H59Cl2FN6O5/c1-54(2,3)28-46-56(30-60-43-24-34(57)13-15-40(43)56)48(37-9-6-10-41(58)49(37)59)50(62-46)52(68)61-42-16-14-35(25-45(42)70-4)64-21-19-55(20-22-64)26-33(27-55)38-23-32(38)12-11-31-7-5-8-36-39(31)29-65(53(36)69)44-17-18-47(66)63-51(44)67/h5-10,13-16,24-25,32-33,38,44,46,48,50,60,62H,17-23,26-30H2,1-4H3,(H,61,68)(H,63,66,67)/t32-,38+,44?,46+,48+,50-,56+/m1/s1. The van der Waals surface area contributed by atoms with Crippen molar-refractivity contribution < 1.29 is 28.3 Å². The van der Waals surface area contributed by atoms with E-state index in [0.29, 0.717) is 70.3 Å². The normalized spacial score (nSPS) is 27.6. The lowest BCUT2D eigenvalue weighted by atomic mass is 9.56. The number of imide groups is 1. The van der Waals surface area contributed by atoms with Gasteiger partial charge in [-0.3, -0.25) is 24.5 Å². The van der Waals surface area contributed by atoms with Crippen LogP contribution in [0, 0.1) is 46.2 Å². The van der Waals surface area contributed by atoms with Gasteiger partial charge in [-0.2, -0.15) is 0 Å². The largest absolute Gasteiger partial charge is 0.494 e. The van der Waals surface area contributed by atoms with E-state index in [4.69, 9.17) is 27.9 Å². The van der Waals surface area contributed by atoms with E-state index in [1.54, 1.807) is 36.3 Å². The number of methoxy groups -OCH3 is 1. The van der Waals surface area contributed by atoms with E-state index in [-0.39, 0.29) is 40.6 Å². The monoisotopic (exact) mass is 984 g/mol. The van der Waals surface area contributed by atoms with Crippen LogP contribution in [0.2, 0.25) is 10.0 Å². The second kappa shape index (κ2) is 17.6. The molecule has 0 radical (unpaired) electrons. The number of ether oxygens (including phenoxy) is 1. The summed E-state index contributed by atoms with van der Waals surface area (Å²) in [4.78, 5) is 56.5. The van der Waals surface area contributed by atoms with Gasteiger partial charge in [0.1, 0.15) is 17.6 Å². The SMILES string of the molecule is COc1cc(N2CCC3(CC2)CC([C@H]2C[C@H]2C#Cc2cccc4c2CN(C2CCC(=O)NC2=O)C4=O)C3)ccc1NC(=O)[C@@H]1N[C@@H](CC(C)(C)C)[C@@]2(CNc3cc(Cl)ccc32)[C@H]1c1cccc(Cl)c1F. The van der Waals surface area contributed by atoms with Crippen LogP contribution in [0.15, 0.2) is 72.8 Å². The highest BCUT2D eigenvalue weighted by Crippen LogP contribution is 2.62. The Balaban J connectivity index is 0.739. The van der Waals surface area contributed by atoms with E-state index in [2.05, 4.69) is 64.8 Å². The van der Waals surface area contributed by atoms with Crippen molar-refractivity contribution in [2.75, 3.05) is 42.3 Å². The fraction of sp³-hybridized carbons (Fsp3) is 0.464. The van der Waals surface area contributed by atoms with Gasteiger partial charge in [-0.1, -0.05) is 80.1 Å². The lowest BCUT2D eigenvalue weighted by Crippen LogP contribution is -2.52. The van der Waals surface area contributed by atoms with Crippen LogP contribution in [0.3, 0.4) is 0 Å². The number of rotatable bonds is 8. The van der Waals surface area contributed by atoms with E-state index in [0.717, 1.165) is 66.8 Å². The Kier molecular flexibility index (Phi) is 11.8. The highest BCUT2D eigenvalue weighted by Gasteiger charge is 2.62. The first kappa shape index (κ1) is 46.8. The molecule has 11 nitrogen and oxygen atoms in total. The molecule has 364 valence electrons. The number of halogens is 3. The number of carbonyl (C=O) groups excluding carboxylic acids is 4. The molecule has 3 saturated heterocycles. The summed E-state index contributed by atoms with van der Waals surface area (Å²) in [6.45, 7) is 9.22.